The summed E-state index contributed by atoms with van der Waals surface area (Å²) in [6.07, 6.45) is 3.47. The molecule has 0 spiro atoms. The molecule has 1 rings (SSSR count). The van der Waals surface area contributed by atoms with E-state index in [1.54, 1.807) is 0 Å². The first kappa shape index (κ1) is 8.02. The Labute approximate surface area is 61.9 Å². The largest absolute Gasteiger partial charge is 0.368 e. The lowest BCUT2D eigenvalue weighted by Crippen LogP contribution is -2.28. The van der Waals surface area contributed by atoms with Crippen molar-refractivity contribution in [3.05, 3.63) is 0 Å². The molecule has 1 unspecified atom stereocenters. The Bertz CT molecular complexity index is 101. The van der Waals surface area contributed by atoms with E-state index < -0.39 is 6.29 Å². The summed E-state index contributed by atoms with van der Waals surface area (Å²) in [6, 6.07) is 0. The van der Waals surface area contributed by atoms with E-state index in [0.29, 0.717) is 5.92 Å². The standard InChI is InChI=1S/C8H16O2/c1-6-4-2-3-5-7(6)8(9)10/h6-10H,2-5H2,1H3/t6-,7?/m0/s1. The van der Waals surface area contributed by atoms with Crippen molar-refractivity contribution >= 4 is 0 Å². The van der Waals surface area contributed by atoms with Crippen LogP contribution in [0.3, 0.4) is 0 Å². The first-order valence-electron chi connectivity index (χ1n) is 4.08. The van der Waals surface area contributed by atoms with E-state index >= 15 is 0 Å². The van der Waals surface area contributed by atoms with Gasteiger partial charge < -0.3 is 10.2 Å². The summed E-state index contributed by atoms with van der Waals surface area (Å²) < 4.78 is 0. The molecule has 1 saturated carbocycles. The lowest BCUT2D eigenvalue weighted by Gasteiger charge is -2.29. The average Bonchev–Trinajstić information content (AvgIpc) is 1.88. The minimum atomic E-state index is -1.09. The molecule has 0 aromatic heterocycles. The van der Waals surface area contributed by atoms with Crippen molar-refractivity contribution in [1.29, 1.82) is 0 Å². The van der Waals surface area contributed by atoms with Crippen LogP contribution in [0.15, 0.2) is 0 Å². The summed E-state index contributed by atoms with van der Waals surface area (Å²) in [7, 11) is 0. The molecule has 10 heavy (non-hydrogen) atoms. The number of hydrogen-bond acceptors (Lipinski definition) is 2. The maximum Gasteiger partial charge on any atom is 0.154 e. The molecule has 2 N–H and O–H groups in total. The monoisotopic (exact) mass is 144 g/mol. The molecule has 1 aliphatic rings. The molecule has 2 atom stereocenters. The van der Waals surface area contributed by atoms with E-state index in [2.05, 4.69) is 6.92 Å². The Morgan fingerprint density at radius 1 is 1.20 bits per heavy atom. The van der Waals surface area contributed by atoms with E-state index in [0.717, 1.165) is 19.3 Å². The van der Waals surface area contributed by atoms with Gasteiger partial charge in [0.25, 0.3) is 0 Å². The second-order valence-electron chi connectivity index (χ2n) is 3.34. The molecule has 1 fully saturated rings. The van der Waals surface area contributed by atoms with Gasteiger partial charge in [0, 0.05) is 5.92 Å². The average molecular weight is 144 g/mol. The van der Waals surface area contributed by atoms with Crippen molar-refractivity contribution in [2.75, 3.05) is 0 Å². The number of hydrogen-bond donors (Lipinski definition) is 2. The Morgan fingerprint density at radius 2 is 1.80 bits per heavy atom. The van der Waals surface area contributed by atoms with Crippen molar-refractivity contribution in [2.45, 2.75) is 38.9 Å². The maximum absolute atomic E-state index is 8.90. The van der Waals surface area contributed by atoms with Crippen molar-refractivity contribution in [3.63, 3.8) is 0 Å². The van der Waals surface area contributed by atoms with Crippen LogP contribution in [0.4, 0.5) is 0 Å². The molecule has 0 aromatic rings. The Hall–Kier alpha value is -0.0800. The molecule has 0 saturated heterocycles. The fourth-order valence-corrected chi connectivity index (χ4v) is 1.79. The van der Waals surface area contributed by atoms with E-state index in [9.17, 15) is 0 Å². The molecule has 0 radical (unpaired) electrons. The van der Waals surface area contributed by atoms with Crippen molar-refractivity contribution in [3.8, 4) is 0 Å². The molecule has 2 heteroatoms. The van der Waals surface area contributed by atoms with Gasteiger partial charge in [-0.1, -0.05) is 26.2 Å². The highest BCUT2D eigenvalue weighted by Gasteiger charge is 2.25. The molecule has 0 aliphatic heterocycles. The molecule has 1 aliphatic carbocycles. The summed E-state index contributed by atoms with van der Waals surface area (Å²) in [5, 5.41) is 17.8. The summed E-state index contributed by atoms with van der Waals surface area (Å²) in [5.41, 5.74) is 0. The van der Waals surface area contributed by atoms with Gasteiger partial charge >= 0.3 is 0 Å². The first-order valence-corrected chi connectivity index (χ1v) is 4.08. The fraction of sp³-hybridized carbons (Fsp3) is 1.00. The zero-order valence-electron chi connectivity index (χ0n) is 6.45. The smallest absolute Gasteiger partial charge is 0.154 e. The summed E-state index contributed by atoms with van der Waals surface area (Å²) in [6.45, 7) is 2.10. The van der Waals surface area contributed by atoms with E-state index in [4.69, 9.17) is 10.2 Å². The van der Waals surface area contributed by atoms with E-state index in [-0.39, 0.29) is 5.92 Å². The Balaban J connectivity index is 2.40. The molecule has 0 bridgehead atoms. The predicted octanol–water partition coefficient (Wildman–Crippen LogP) is 1.12. The summed E-state index contributed by atoms with van der Waals surface area (Å²) in [4.78, 5) is 0. The van der Waals surface area contributed by atoms with Gasteiger partial charge in [-0.2, -0.15) is 0 Å². The number of rotatable bonds is 1. The Morgan fingerprint density at radius 3 is 2.20 bits per heavy atom. The third kappa shape index (κ3) is 1.70. The van der Waals surface area contributed by atoms with Crippen LogP contribution in [0.2, 0.25) is 0 Å². The van der Waals surface area contributed by atoms with Crippen molar-refractivity contribution in [1.82, 2.24) is 0 Å². The summed E-state index contributed by atoms with van der Waals surface area (Å²) in [5.74, 6) is 0.627. The highest BCUT2D eigenvalue weighted by atomic mass is 16.5. The highest BCUT2D eigenvalue weighted by Crippen LogP contribution is 2.30. The van der Waals surface area contributed by atoms with Crippen LogP contribution in [0.5, 0.6) is 0 Å². The quantitative estimate of drug-likeness (QED) is 0.541. The third-order valence-electron chi connectivity index (χ3n) is 2.56. The molecule has 0 amide bonds. The van der Waals surface area contributed by atoms with Crippen LogP contribution in [-0.2, 0) is 0 Å². The second-order valence-corrected chi connectivity index (χ2v) is 3.34. The SMILES string of the molecule is C[C@H]1CCCCC1C(O)O. The lowest BCUT2D eigenvalue weighted by atomic mass is 9.80. The molecule has 2 nitrogen and oxygen atoms in total. The molecular formula is C8H16O2. The first-order chi connectivity index (χ1) is 4.72. The molecule has 60 valence electrons. The van der Waals surface area contributed by atoms with E-state index in [1.807, 2.05) is 0 Å². The van der Waals surface area contributed by atoms with Gasteiger partial charge in [-0.15, -0.1) is 0 Å². The van der Waals surface area contributed by atoms with Crippen molar-refractivity contribution < 1.29 is 10.2 Å². The predicted molar refractivity (Wildman–Crippen MR) is 39.3 cm³/mol. The maximum atomic E-state index is 8.90. The number of aliphatic hydroxyl groups is 2. The topological polar surface area (TPSA) is 40.5 Å². The van der Waals surface area contributed by atoms with Crippen LogP contribution in [0, 0.1) is 11.8 Å². The van der Waals surface area contributed by atoms with Crippen LogP contribution in [0.1, 0.15) is 32.6 Å². The third-order valence-corrected chi connectivity index (χ3v) is 2.56. The zero-order chi connectivity index (χ0) is 7.56. The zero-order valence-corrected chi connectivity index (χ0v) is 6.45. The minimum Gasteiger partial charge on any atom is -0.368 e. The van der Waals surface area contributed by atoms with Gasteiger partial charge in [-0.3, -0.25) is 0 Å². The number of aliphatic hydroxyl groups excluding tert-OH is 1. The normalized spacial score (nSPS) is 34.8. The minimum absolute atomic E-state index is 0.133. The molecule has 0 aromatic carbocycles. The van der Waals surface area contributed by atoms with Gasteiger partial charge in [-0.25, -0.2) is 0 Å². The highest BCUT2D eigenvalue weighted by molar-refractivity contribution is 4.73. The Kier molecular flexibility index (Phi) is 2.69. The van der Waals surface area contributed by atoms with Crippen LogP contribution in [-0.4, -0.2) is 16.5 Å². The fourth-order valence-electron chi connectivity index (χ4n) is 1.79. The van der Waals surface area contributed by atoms with Crippen LogP contribution in [0.25, 0.3) is 0 Å². The van der Waals surface area contributed by atoms with Gasteiger partial charge in [0.15, 0.2) is 6.29 Å². The van der Waals surface area contributed by atoms with Crippen LogP contribution < -0.4 is 0 Å². The van der Waals surface area contributed by atoms with Gasteiger partial charge in [-0.05, 0) is 12.3 Å². The van der Waals surface area contributed by atoms with Crippen LogP contribution >= 0.6 is 0 Å². The van der Waals surface area contributed by atoms with E-state index in [1.165, 1.54) is 6.42 Å². The lowest BCUT2D eigenvalue weighted by molar-refractivity contribution is -0.107. The van der Waals surface area contributed by atoms with Gasteiger partial charge in [0.05, 0.1) is 0 Å². The van der Waals surface area contributed by atoms with Gasteiger partial charge in [0.1, 0.15) is 0 Å². The second kappa shape index (κ2) is 3.35. The molecule has 0 heterocycles. The summed E-state index contributed by atoms with van der Waals surface area (Å²) >= 11 is 0. The van der Waals surface area contributed by atoms with Crippen molar-refractivity contribution in [2.24, 2.45) is 11.8 Å². The van der Waals surface area contributed by atoms with Gasteiger partial charge in [0.2, 0.25) is 0 Å². The molecular weight excluding hydrogens is 128 g/mol.